The molecule has 1 aliphatic carbocycles. The van der Waals surface area contributed by atoms with Crippen molar-refractivity contribution in [1.29, 1.82) is 5.26 Å². The van der Waals surface area contributed by atoms with Crippen LogP contribution >= 0.6 is 0 Å². The van der Waals surface area contributed by atoms with Crippen molar-refractivity contribution in [3.05, 3.63) is 34.4 Å². The predicted octanol–water partition coefficient (Wildman–Crippen LogP) is 2.39. The zero-order valence-electron chi connectivity index (χ0n) is 8.13. The zero-order valence-corrected chi connectivity index (χ0v) is 8.13. The summed E-state index contributed by atoms with van der Waals surface area (Å²) in [6.45, 7) is 1.88. The van der Waals surface area contributed by atoms with Crippen LogP contribution in [0, 0.1) is 18.3 Å². The smallest absolute Gasteiger partial charge is 0.164 e. The maximum atomic E-state index is 11.7. The average molecular weight is 185 g/mol. The first kappa shape index (κ1) is 8.96. The summed E-state index contributed by atoms with van der Waals surface area (Å²) in [4.78, 5) is 11.7. The fourth-order valence-electron chi connectivity index (χ4n) is 1.99. The van der Waals surface area contributed by atoms with E-state index in [4.69, 9.17) is 5.26 Å². The van der Waals surface area contributed by atoms with Crippen LogP contribution in [-0.4, -0.2) is 5.78 Å². The molecule has 0 bridgehead atoms. The highest BCUT2D eigenvalue weighted by atomic mass is 16.1. The summed E-state index contributed by atoms with van der Waals surface area (Å²) in [7, 11) is 0. The van der Waals surface area contributed by atoms with E-state index in [0.717, 1.165) is 24.0 Å². The van der Waals surface area contributed by atoms with Gasteiger partial charge in [-0.15, -0.1) is 0 Å². The quantitative estimate of drug-likeness (QED) is 0.622. The van der Waals surface area contributed by atoms with Gasteiger partial charge >= 0.3 is 0 Å². The lowest BCUT2D eigenvalue weighted by molar-refractivity contribution is 0.0972. The fraction of sp³-hybridized carbons (Fsp3) is 0.333. The van der Waals surface area contributed by atoms with E-state index in [0.29, 0.717) is 17.5 Å². The maximum absolute atomic E-state index is 11.7. The molecule has 0 heterocycles. The molecule has 0 unspecified atom stereocenters. The summed E-state index contributed by atoms with van der Waals surface area (Å²) in [6.07, 6.45) is 2.43. The molecular weight excluding hydrogens is 174 g/mol. The van der Waals surface area contributed by atoms with Crippen LogP contribution in [0.2, 0.25) is 0 Å². The highest BCUT2D eigenvalue weighted by Crippen LogP contribution is 2.26. The van der Waals surface area contributed by atoms with Gasteiger partial charge in [-0.1, -0.05) is 12.1 Å². The molecule has 1 aromatic carbocycles. The van der Waals surface area contributed by atoms with Crippen LogP contribution in [0.4, 0.5) is 0 Å². The number of ketones is 1. The van der Waals surface area contributed by atoms with Gasteiger partial charge in [-0.2, -0.15) is 5.26 Å². The molecule has 0 spiro atoms. The standard InChI is InChI=1S/C12H11NO/c1-8-5-6-9-3-2-4-11(14)12(9)10(8)7-13/h5-6H,2-4H2,1H3. The van der Waals surface area contributed by atoms with Gasteiger partial charge in [0, 0.05) is 12.0 Å². The lowest BCUT2D eigenvalue weighted by atomic mass is 9.86. The summed E-state index contributed by atoms with van der Waals surface area (Å²) in [5.41, 5.74) is 3.20. The minimum Gasteiger partial charge on any atom is -0.294 e. The van der Waals surface area contributed by atoms with Gasteiger partial charge in [-0.05, 0) is 30.9 Å². The monoisotopic (exact) mass is 185 g/mol. The third kappa shape index (κ3) is 1.22. The molecule has 0 fully saturated rings. The number of nitriles is 1. The molecule has 0 aliphatic heterocycles. The van der Waals surface area contributed by atoms with Crippen molar-refractivity contribution in [3.8, 4) is 6.07 Å². The van der Waals surface area contributed by atoms with E-state index < -0.39 is 0 Å². The maximum Gasteiger partial charge on any atom is 0.164 e. The normalized spacial score (nSPS) is 14.7. The van der Waals surface area contributed by atoms with Crippen molar-refractivity contribution < 1.29 is 4.79 Å². The van der Waals surface area contributed by atoms with E-state index in [2.05, 4.69) is 6.07 Å². The predicted molar refractivity (Wildman–Crippen MR) is 53.2 cm³/mol. The first-order valence-electron chi connectivity index (χ1n) is 4.80. The Morgan fingerprint density at radius 1 is 1.36 bits per heavy atom. The molecule has 0 aromatic heterocycles. The molecule has 0 atom stereocenters. The number of rotatable bonds is 0. The van der Waals surface area contributed by atoms with E-state index in [1.807, 2.05) is 19.1 Å². The van der Waals surface area contributed by atoms with Gasteiger partial charge in [0.2, 0.25) is 0 Å². The highest BCUT2D eigenvalue weighted by molar-refractivity contribution is 6.01. The number of hydrogen-bond acceptors (Lipinski definition) is 2. The van der Waals surface area contributed by atoms with Crippen LogP contribution in [0.25, 0.3) is 0 Å². The number of Topliss-reactive ketones (excluding diaryl/α,β-unsaturated/α-hetero) is 1. The van der Waals surface area contributed by atoms with Crippen molar-refractivity contribution in [3.63, 3.8) is 0 Å². The van der Waals surface area contributed by atoms with Gasteiger partial charge < -0.3 is 0 Å². The summed E-state index contributed by atoms with van der Waals surface area (Å²) < 4.78 is 0. The van der Waals surface area contributed by atoms with Crippen LogP contribution in [0.15, 0.2) is 12.1 Å². The number of carbonyl (C=O) groups excluding carboxylic acids is 1. The Morgan fingerprint density at radius 2 is 2.14 bits per heavy atom. The first-order valence-corrected chi connectivity index (χ1v) is 4.80. The molecule has 0 radical (unpaired) electrons. The third-order valence-electron chi connectivity index (χ3n) is 2.74. The van der Waals surface area contributed by atoms with Gasteiger partial charge in [-0.3, -0.25) is 4.79 Å². The molecule has 14 heavy (non-hydrogen) atoms. The zero-order chi connectivity index (χ0) is 10.1. The van der Waals surface area contributed by atoms with Crippen molar-refractivity contribution in [2.75, 3.05) is 0 Å². The molecule has 0 saturated carbocycles. The van der Waals surface area contributed by atoms with Gasteiger partial charge in [0.05, 0.1) is 5.56 Å². The lowest BCUT2D eigenvalue weighted by Gasteiger charge is -2.16. The lowest BCUT2D eigenvalue weighted by Crippen LogP contribution is -2.13. The number of benzene rings is 1. The highest BCUT2D eigenvalue weighted by Gasteiger charge is 2.21. The molecule has 1 aliphatic rings. The van der Waals surface area contributed by atoms with E-state index in [1.54, 1.807) is 0 Å². The average Bonchev–Trinajstić information content (AvgIpc) is 2.19. The second-order valence-corrected chi connectivity index (χ2v) is 3.68. The summed E-state index contributed by atoms with van der Waals surface area (Å²) in [5.74, 6) is 0.131. The Labute approximate surface area is 83.2 Å². The number of hydrogen-bond donors (Lipinski definition) is 0. The topological polar surface area (TPSA) is 40.9 Å². The molecule has 2 heteroatoms. The second kappa shape index (κ2) is 3.26. The van der Waals surface area contributed by atoms with Crippen LogP contribution in [0.5, 0.6) is 0 Å². The van der Waals surface area contributed by atoms with Crippen molar-refractivity contribution in [1.82, 2.24) is 0 Å². The number of carbonyl (C=O) groups is 1. The summed E-state index contributed by atoms with van der Waals surface area (Å²) in [5, 5.41) is 8.99. The van der Waals surface area contributed by atoms with Crippen LogP contribution < -0.4 is 0 Å². The van der Waals surface area contributed by atoms with Crippen LogP contribution in [0.3, 0.4) is 0 Å². The first-order chi connectivity index (χ1) is 6.74. The Bertz CT molecular complexity index is 440. The minimum atomic E-state index is 0.131. The molecule has 70 valence electrons. The molecule has 1 aromatic rings. The summed E-state index contributed by atoms with van der Waals surface area (Å²) >= 11 is 0. The van der Waals surface area contributed by atoms with Gasteiger partial charge in [-0.25, -0.2) is 0 Å². The van der Waals surface area contributed by atoms with Crippen LogP contribution in [0.1, 0.15) is 39.9 Å². The molecule has 0 saturated heterocycles. The Balaban J connectivity index is 2.71. The van der Waals surface area contributed by atoms with Gasteiger partial charge in [0.1, 0.15) is 6.07 Å². The van der Waals surface area contributed by atoms with Crippen molar-refractivity contribution >= 4 is 5.78 Å². The van der Waals surface area contributed by atoms with Crippen molar-refractivity contribution in [2.24, 2.45) is 0 Å². The van der Waals surface area contributed by atoms with Crippen LogP contribution in [-0.2, 0) is 6.42 Å². The SMILES string of the molecule is Cc1ccc2c(c1C#N)C(=O)CCC2. The molecule has 0 amide bonds. The van der Waals surface area contributed by atoms with E-state index in [9.17, 15) is 4.79 Å². The molecule has 2 rings (SSSR count). The molecule has 0 N–H and O–H groups in total. The minimum absolute atomic E-state index is 0.131. The Hall–Kier alpha value is -1.62. The summed E-state index contributed by atoms with van der Waals surface area (Å²) in [6, 6.07) is 6.03. The number of fused-ring (bicyclic) bond motifs is 1. The Morgan fingerprint density at radius 3 is 2.86 bits per heavy atom. The Kier molecular flexibility index (Phi) is 2.09. The van der Waals surface area contributed by atoms with Gasteiger partial charge in [0.15, 0.2) is 5.78 Å². The third-order valence-corrected chi connectivity index (χ3v) is 2.74. The number of aryl methyl sites for hydroxylation is 2. The molecular formula is C12H11NO. The number of nitrogens with zero attached hydrogens (tertiary/aromatic N) is 1. The van der Waals surface area contributed by atoms with Crippen molar-refractivity contribution in [2.45, 2.75) is 26.2 Å². The largest absolute Gasteiger partial charge is 0.294 e. The van der Waals surface area contributed by atoms with E-state index in [1.165, 1.54) is 0 Å². The van der Waals surface area contributed by atoms with Gasteiger partial charge in [0.25, 0.3) is 0 Å². The molecule has 2 nitrogen and oxygen atoms in total. The second-order valence-electron chi connectivity index (χ2n) is 3.68. The fourth-order valence-corrected chi connectivity index (χ4v) is 1.99. The van der Waals surface area contributed by atoms with E-state index >= 15 is 0 Å². The van der Waals surface area contributed by atoms with E-state index in [-0.39, 0.29) is 5.78 Å².